The minimum absolute atomic E-state index is 0.305. The van der Waals surface area contributed by atoms with Crippen LogP contribution >= 0.6 is 0 Å². The summed E-state index contributed by atoms with van der Waals surface area (Å²) in [6, 6.07) is 17.0. The Morgan fingerprint density at radius 2 is 1.60 bits per heavy atom. The lowest BCUT2D eigenvalue weighted by Crippen LogP contribution is -2.33. The largest absolute Gasteiger partial charge is 0.455 e. The van der Waals surface area contributed by atoms with Crippen LogP contribution in [0.1, 0.15) is 44.7 Å². The number of esters is 1. The maximum atomic E-state index is 12.3. The van der Waals surface area contributed by atoms with Gasteiger partial charge in [-0.05, 0) is 43.0 Å². The van der Waals surface area contributed by atoms with E-state index in [9.17, 15) is 9.59 Å². The van der Waals surface area contributed by atoms with Gasteiger partial charge in [-0.3, -0.25) is 9.59 Å². The molecular formula is C21H25NO3. The lowest BCUT2D eigenvalue weighted by Gasteiger charge is -2.22. The number of hydrogen-bond acceptors (Lipinski definition) is 3. The highest BCUT2D eigenvalue weighted by molar-refractivity contribution is 5.93. The van der Waals surface area contributed by atoms with Crippen molar-refractivity contribution in [2.75, 3.05) is 11.9 Å². The van der Waals surface area contributed by atoms with Crippen molar-refractivity contribution in [2.24, 2.45) is 0 Å². The number of amides is 1. The highest BCUT2D eigenvalue weighted by Crippen LogP contribution is 2.24. The standard InChI is InChI=1S/C21H25NO3/c1-15(2)16-10-12-18(13-11-16)22-19(23)14-25-20(24)21(3,4)17-8-6-5-7-9-17/h5-13,15H,14H2,1-4H3,(H,22,23). The van der Waals surface area contributed by atoms with E-state index in [1.807, 2.05) is 54.6 Å². The summed E-state index contributed by atoms with van der Waals surface area (Å²) in [7, 11) is 0. The average molecular weight is 339 g/mol. The van der Waals surface area contributed by atoms with E-state index in [0.717, 1.165) is 5.56 Å². The van der Waals surface area contributed by atoms with E-state index in [4.69, 9.17) is 4.74 Å². The molecule has 0 aliphatic heterocycles. The first-order chi connectivity index (χ1) is 11.8. The molecule has 0 unspecified atom stereocenters. The topological polar surface area (TPSA) is 55.4 Å². The third-order valence-corrected chi connectivity index (χ3v) is 4.20. The number of carbonyl (C=O) groups is 2. The highest BCUT2D eigenvalue weighted by atomic mass is 16.5. The van der Waals surface area contributed by atoms with Gasteiger partial charge in [0.15, 0.2) is 6.61 Å². The minimum atomic E-state index is -0.805. The van der Waals surface area contributed by atoms with Gasteiger partial charge in [0, 0.05) is 5.69 Å². The fraction of sp³-hybridized carbons (Fsp3) is 0.333. The predicted molar refractivity (Wildman–Crippen MR) is 99.6 cm³/mol. The van der Waals surface area contributed by atoms with E-state index in [1.54, 1.807) is 13.8 Å². The Morgan fingerprint density at radius 3 is 2.16 bits per heavy atom. The number of carbonyl (C=O) groups excluding carboxylic acids is 2. The van der Waals surface area contributed by atoms with E-state index in [-0.39, 0.29) is 12.5 Å². The van der Waals surface area contributed by atoms with Crippen molar-refractivity contribution in [1.29, 1.82) is 0 Å². The van der Waals surface area contributed by atoms with Crippen LogP contribution in [0.25, 0.3) is 0 Å². The molecule has 0 atom stereocenters. The van der Waals surface area contributed by atoms with E-state index in [1.165, 1.54) is 5.56 Å². The number of anilines is 1. The predicted octanol–water partition coefficient (Wildman–Crippen LogP) is 4.27. The van der Waals surface area contributed by atoms with Crippen molar-refractivity contribution >= 4 is 17.6 Å². The summed E-state index contributed by atoms with van der Waals surface area (Å²) in [6.45, 7) is 7.49. The molecule has 2 aromatic rings. The molecule has 0 fully saturated rings. The molecule has 0 heterocycles. The Bertz CT molecular complexity index is 719. The molecule has 0 aliphatic carbocycles. The van der Waals surface area contributed by atoms with Crippen molar-refractivity contribution in [3.63, 3.8) is 0 Å². The molecule has 0 bridgehead atoms. The van der Waals surface area contributed by atoms with Crippen molar-refractivity contribution in [3.8, 4) is 0 Å². The molecule has 2 aromatic carbocycles. The molecule has 0 aliphatic rings. The van der Waals surface area contributed by atoms with E-state index >= 15 is 0 Å². The third-order valence-electron chi connectivity index (χ3n) is 4.20. The van der Waals surface area contributed by atoms with Crippen LogP contribution in [0.5, 0.6) is 0 Å². The Hall–Kier alpha value is -2.62. The molecule has 0 radical (unpaired) electrons. The lowest BCUT2D eigenvalue weighted by molar-refractivity contribution is -0.152. The fourth-order valence-electron chi connectivity index (χ4n) is 2.43. The van der Waals surface area contributed by atoms with Crippen LogP contribution in [-0.4, -0.2) is 18.5 Å². The summed E-state index contributed by atoms with van der Waals surface area (Å²) < 4.78 is 5.21. The van der Waals surface area contributed by atoms with Gasteiger partial charge in [0.1, 0.15) is 0 Å². The quantitative estimate of drug-likeness (QED) is 0.800. The summed E-state index contributed by atoms with van der Waals surface area (Å²) in [5.74, 6) is -0.343. The molecule has 4 nitrogen and oxygen atoms in total. The van der Waals surface area contributed by atoms with Crippen molar-refractivity contribution in [2.45, 2.75) is 39.0 Å². The van der Waals surface area contributed by atoms with Gasteiger partial charge in [-0.15, -0.1) is 0 Å². The van der Waals surface area contributed by atoms with Crippen LogP contribution in [0.3, 0.4) is 0 Å². The van der Waals surface area contributed by atoms with E-state index in [0.29, 0.717) is 11.6 Å². The molecule has 1 N–H and O–H groups in total. The fourth-order valence-corrected chi connectivity index (χ4v) is 2.43. The van der Waals surface area contributed by atoms with Gasteiger partial charge in [-0.1, -0.05) is 56.3 Å². The van der Waals surface area contributed by atoms with Gasteiger partial charge in [-0.25, -0.2) is 0 Å². The maximum absolute atomic E-state index is 12.3. The normalized spacial score (nSPS) is 11.2. The summed E-state index contributed by atoms with van der Waals surface area (Å²) in [5, 5.41) is 2.74. The van der Waals surface area contributed by atoms with Crippen LogP contribution in [0.4, 0.5) is 5.69 Å². The second kappa shape index (κ2) is 7.97. The van der Waals surface area contributed by atoms with Crippen molar-refractivity contribution in [1.82, 2.24) is 0 Å². The smallest absolute Gasteiger partial charge is 0.316 e. The molecule has 4 heteroatoms. The van der Waals surface area contributed by atoms with E-state index in [2.05, 4.69) is 19.2 Å². The Kier molecular flexibility index (Phi) is 5.97. The molecule has 25 heavy (non-hydrogen) atoms. The lowest BCUT2D eigenvalue weighted by atomic mass is 9.85. The second-order valence-corrected chi connectivity index (χ2v) is 6.89. The van der Waals surface area contributed by atoms with Gasteiger partial charge < -0.3 is 10.1 Å². The molecule has 0 aromatic heterocycles. The Morgan fingerprint density at radius 1 is 1.00 bits per heavy atom. The van der Waals surface area contributed by atoms with Gasteiger partial charge in [0.2, 0.25) is 0 Å². The maximum Gasteiger partial charge on any atom is 0.316 e. The van der Waals surface area contributed by atoms with Crippen LogP contribution in [0.15, 0.2) is 54.6 Å². The zero-order valence-electron chi connectivity index (χ0n) is 15.2. The van der Waals surface area contributed by atoms with E-state index < -0.39 is 11.4 Å². The van der Waals surface area contributed by atoms with Gasteiger partial charge in [0.05, 0.1) is 5.41 Å². The first-order valence-corrected chi connectivity index (χ1v) is 8.43. The molecular weight excluding hydrogens is 314 g/mol. The molecule has 0 saturated carbocycles. The van der Waals surface area contributed by atoms with Gasteiger partial charge >= 0.3 is 5.97 Å². The van der Waals surface area contributed by atoms with Gasteiger partial charge in [-0.2, -0.15) is 0 Å². The number of nitrogens with one attached hydrogen (secondary N) is 1. The highest BCUT2D eigenvalue weighted by Gasteiger charge is 2.31. The Balaban J connectivity index is 1.90. The number of ether oxygens (including phenoxy) is 1. The van der Waals surface area contributed by atoms with Crippen molar-refractivity contribution in [3.05, 3.63) is 65.7 Å². The monoisotopic (exact) mass is 339 g/mol. The summed E-state index contributed by atoms with van der Waals surface area (Å²) in [5.41, 5.74) is 1.94. The minimum Gasteiger partial charge on any atom is -0.455 e. The summed E-state index contributed by atoms with van der Waals surface area (Å²) in [4.78, 5) is 24.4. The first kappa shape index (κ1) is 18.7. The number of rotatable bonds is 6. The molecule has 132 valence electrons. The van der Waals surface area contributed by atoms with Crippen LogP contribution < -0.4 is 5.32 Å². The molecule has 0 saturated heterocycles. The third kappa shape index (κ3) is 4.92. The van der Waals surface area contributed by atoms with Crippen LogP contribution in [0, 0.1) is 0 Å². The average Bonchev–Trinajstić information content (AvgIpc) is 2.60. The SMILES string of the molecule is CC(C)c1ccc(NC(=O)COC(=O)C(C)(C)c2ccccc2)cc1. The Labute approximate surface area is 149 Å². The number of benzene rings is 2. The number of hydrogen-bond donors (Lipinski definition) is 1. The van der Waals surface area contributed by atoms with Crippen LogP contribution in [-0.2, 0) is 19.7 Å². The molecule has 2 rings (SSSR count). The van der Waals surface area contributed by atoms with Crippen molar-refractivity contribution < 1.29 is 14.3 Å². The molecule has 0 spiro atoms. The molecule has 1 amide bonds. The summed E-state index contributed by atoms with van der Waals surface area (Å²) in [6.07, 6.45) is 0. The van der Waals surface area contributed by atoms with Gasteiger partial charge in [0.25, 0.3) is 5.91 Å². The van der Waals surface area contributed by atoms with Crippen LogP contribution in [0.2, 0.25) is 0 Å². The second-order valence-electron chi connectivity index (χ2n) is 6.89. The zero-order valence-corrected chi connectivity index (χ0v) is 15.2. The first-order valence-electron chi connectivity index (χ1n) is 8.43. The zero-order chi connectivity index (χ0) is 18.4. The summed E-state index contributed by atoms with van der Waals surface area (Å²) >= 11 is 0.